The topological polar surface area (TPSA) is 66.8 Å². The minimum atomic E-state index is -0.879. The summed E-state index contributed by atoms with van der Waals surface area (Å²) in [7, 11) is 0. The summed E-state index contributed by atoms with van der Waals surface area (Å²) in [6.45, 7) is 2.95. The van der Waals surface area contributed by atoms with Gasteiger partial charge in [0, 0.05) is 13.0 Å². The highest BCUT2D eigenvalue weighted by atomic mass is 16.5. The van der Waals surface area contributed by atoms with Crippen molar-refractivity contribution in [1.29, 1.82) is 0 Å². The van der Waals surface area contributed by atoms with Crippen LogP contribution in [0.3, 0.4) is 0 Å². The van der Waals surface area contributed by atoms with E-state index in [4.69, 9.17) is 4.74 Å². The Morgan fingerprint density at radius 1 is 1.40 bits per heavy atom. The Morgan fingerprint density at radius 3 is 2.80 bits per heavy atom. The first-order valence-electron chi connectivity index (χ1n) is 7.41. The number of carboxylic acid groups (broad SMARTS) is 1. The van der Waals surface area contributed by atoms with Crippen LogP contribution >= 0.6 is 0 Å². The second kappa shape index (κ2) is 6.88. The summed E-state index contributed by atoms with van der Waals surface area (Å²) in [4.78, 5) is 25.3. The first-order valence-corrected chi connectivity index (χ1v) is 7.41. The second-order valence-corrected chi connectivity index (χ2v) is 5.51. The molecule has 2 unspecified atom stereocenters. The van der Waals surface area contributed by atoms with Crippen molar-refractivity contribution in [2.75, 3.05) is 19.8 Å². The van der Waals surface area contributed by atoms with E-state index in [1.807, 2.05) is 6.92 Å². The average Bonchev–Trinajstić information content (AvgIpc) is 2.90. The molecule has 0 bridgehead atoms. The summed E-state index contributed by atoms with van der Waals surface area (Å²) in [5.41, 5.74) is 1.20. The quantitative estimate of drug-likeness (QED) is 0.781. The van der Waals surface area contributed by atoms with E-state index in [-0.39, 0.29) is 18.6 Å². The molecular weight excluding hydrogens is 258 g/mol. The van der Waals surface area contributed by atoms with Crippen LogP contribution in [0.1, 0.15) is 39.0 Å². The number of likely N-dealkylation sites (N-methyl/N-ethyl adjacent to an activating group) is 1. The third kappa shape index (κ3) is 3.39. The van der Waals surface area contributed by atoms with E-state index in [0.717, 1.165) is 19.3 Å². The molecule has 0 spiro atoms. The van der Waals surface area contributed by atoms with Crippen LogP contribution in [-0.2, 0) is 14.3 Å². The van der Waals surface area contributed by atoms with E-state index >= 15 is 0 Å². The number of nitrogens with zero attached hydrogens (tertiary/aromatic N) is 1. The number of amides is 1. The van der Waals surface area contributed by atoms with Crippen LogP contribution in [0.2, 0.25) is 0 Å². The van der Waals surface area contributed by atoms with Crippen LogP contribution in [0.5, 0.6) is 0 Å². The summed E-state index contributed by atoms with van der Waals surface area (Å²) in [6.07, 6.45) is 6.99. The van der Waals surface area contributed by atoms with Gasteiger partial charge in [-0.3, -0.25) is 9.59 Å². The van der Waals surface area contributed by atoms with Gasteiger partial charge in [-0.05, 0) is 32.6 Å². The number of carbonyl (C=O) groups is 2. The van der Waals surface area contributed by atoms with Gasteiger partial charge in [0.2, 0.25) is 5.91 Å². The third-order valence-corrected chi connectivity index (χ3v) is 4.19. The second-order valence-electron chi connectivity index (χ2n) is 5.51. The number of carbonyl (C=O) groups excluding carboxylic acids is 1. The first kappa shape index (κ1) is 15.0. The van der Waals surface area contributed by atoms with Crippen LogP contribution in [0.15, 0.2) is 11.6 Å². The predicted octanol–water partition coefficient (Wildman–Crippen LogP) is 1.83. The van der Waals surface area contributed by atoms with Gasteiger partial charge in [0.1, 0.15) is 5.92 Å². The number of allylic oxidation sites excluding steroid dienone is 1. The van der Waals surface area contributed by atoms with Crippen molar-refractivity contribution in [3.8, 4) is 0 Å². The third-order valence-electron chi connectivity index (χ3n) is 4.19. The average molecular weight is 281 g/mol. The Labute approximate surface area is 119 Å². The van der Waals surface area contributed by atoms with E-state index in [9.17, 15) is 14.7 Å². The van der Waals surface area contributed by atoms with E-state index < -0.39 is 11.9 Å². The highest BCUT2D eigenvalue weighted by Crippen LogP contribution is 2.24. The number of aliphatic carboxylic acids is 1. The zero-order valence-corrected chi connectivity index (χ0v) is 12.0. The fourth-order valence-electron chi connectivity index (χ4n) is 3.04. The fraction of sp³-hybridized carbons (Fsp3) is 0.733. The van der Waals surface area contributed by atoms with Gasteiger partial charge in [-0.1, -0.05) is 11.6 Å². The van der Waals surface area contributed by atoms with Gasteiger partial charge in [0.15, 0.2) is 0 Å². The van der Waals surface area contributed by atoms with Crippen molar-refractivity contribution in [2.45, 2.75) is 45.1 Å². The van der Waals surface area contributed by atoms with Gasteiger partial charge in [0.25, 0.3) is 0 Å². The van der Waals surface area contributed by atoms with E-state index in [1.54, 1.807) is 4.90 Å². The summed E-state index contributed by atoms with van der Waals surface area (Å²) < 4.78 is 5.26. The number of hydrogen-bond donors (Lipinski definition) is 1. The molecule has 0 aromatic heterocycles. The van der Waals surface area contributed by atoms with E-state index in [2.05, 4.69) is 6.08 Å². The molecule has 1 aliphatic heterocycles. The molecule has 5 heteroatoms. The minimum Gasteiger partial charge on any atom is -0.481 e. The molecule has 0 saturated carbocycles. The maximum absolute atomic E-state index is 12.4. The minimum absolute atomic E-state index is 0.0300. The molecule has 2 atom stereocenters. The first-order chi connectivity index (χ1) is 9.63. The van der Waals surface area contributed by atoms with Crippen LogP contribution in [0, 0.1) is 5.92 Å². The summed E-state index contributed by atoms with van der Waals surface area (Å²) in [5, 5.41) is 9.20. The largest absolute Gasteiger partial charge is 0.481 e. The number of carboxylic acids is 1. The number of ether oxygens (including phenoxy) is 1. The summed E-state index contributed by atoms with van der Waals surface area (Å²) >= 11 is 0. The lowest BCUT2D eigenvalue weighted by Gasteiger charge is -2.30. The SMILES string of the molecule is CCN(C(=O)CC1=CCCCC1)C1COCC1C(=O)O. The lowest BCUT2D eigenvalue weighted by atomic mass is 9.95. The monoisotopic (exact) mass is 281 g/mol. The molecule has 5 nitrogen and oxygen atoms in total. The zero-order valence-electron chi connectivity index (χ0n) is 12.0. The number of hydrogen-bond acceptors (Lipinski definition) is 3. The molecule has 20 heavy (non-hydrogen) atoms. The van der Waals surface area contributed by atoms with Crippen LogP contribution in [-0.4, -0.2) is 47.7 Å². The van der Waals surface area contributed by atoms with E-state index in [1.165, 1.54) is 12.0 Å². The molecule has 1 N–H and O–H groups in total. The maximum atomic E-state index is 12.4. The van der Waals surface area contributed by atoms with Crippen LogP contribution in [0.4, 0.5) is 0 Å². The summed E-state index contributed by atoms with van der Waals surface area (Å²) in [6, 6.07) is -0.325. The molecule has 0 aromatic rings. The molecule has 1 fully saturated rings. The highest BCUT2D eigenvalue weighted by Gasteiger charge is 2.39. The molecule has 2 rings (SSSR count). The van der Waals surface area contributed by atoms with Crippen molar-refractivity contribution < 1.29 is 19.4 Å². The predicted molar refractivity (Wildman–Crippen MR) is 74.3 cm³/mol. The molecule has 112 valence electrons. The van der Waals surface area contributed by atoms with Gasteiger partial charge in [-0.2, -0.15) is 0 Å². The molecule has 1 saturated heterocycles. The van der Waals surface area contributed by atoms with Crippen LogP contribution in [0.25, 0.3) is 0 Å². The molecule has 1 aliphatic carbocycles. The fourth-order valence-corrected chi connectivity index (χ4v) is 3.04. The Morgan fingerprint density at radius 2 is 2.20 bits per heavy atom. The molecule has 1 amide bonds. The molecule has 0 radical (unpaired) electrons. The Bertz CT molecular complexity index is 405. The lowest BCUT2D eigenvalue weighted by Crippen LogP contribution is -2.46. The van der Waals surface area contributed by atoms with Gasteiger partial charge < -0.3 is 14.7 Å². The van der Waals surface area contributed by atoms with Crippen LogP contribution < -0.4 is 0 Å². The zero-order chi connectivity index (χ0) is 14.5. The Balaban J connectivity index is 2.01. The smallest absolute Gasteiger partial charge is 0.311 e. The van der Waals surface area contributed by atoms with Gasteiger partial charge in [-0.25, -0.2) is 0 Å². The maximum Gasteiger partial charge on any atom is 0.311 e. The molecular formula is C15H23NO4. The molecule has 0 aromatic carbocycles. The normalized spacial score (nSPS) is 26.1. The number of rotatable bonds is 5. The van der Waals surface area contributed by atoms with Crippen molar-refractivity contribution in [1.82, 2.24) is 4.90 Å². The summed E-state index contributed by atoms with van der Waals surface area (Å²) in [5.74, 6) is -1.45. The highest BCUT2D eigenvalue weighted by molar-refractivity contribution is 5.80. The van der Waals surface area contributed by atoms with Crippen molar-refractivity contribution in [3.05, 3.63) is 11.6 Å². The standard InChI is InChI=1S/C15H23NO4/c1-2-16(13-10-20-9-12(13)15(18)19)14(17)8-11-6-4-3-5-7-11/h6,12-13H,2-5,7-10H2,1H3,(H,18,19). The molecule has 1 heterocycles. The van der Waals surface area contributed by atoms with Crippen molar-refractivity contribution in [2.24, 2.45) is 5.92 Å². The Kier molecular flexibility index (Phi) is 5.17. The van der Waals surface area contributed by atoms with Gasteiger partial charge >= 0.3 is 5.97 Å². The van der Waals surface area contributed by atoms with Gasteiger partial charge in [0.05, 0.1) is 19.3 Å². The Hall–Kier alpha value is -1.36. The van der Waals surface area contributed by atoms with Crippen molar-refractivity contribution in [3.63, 3.8) is 0 Å². The van der Waals surface area contributed by atoms with Gasteiger partial charge in [-0.15, -0.1) is 0 Å². The lowest BCUT2D eigenvalue weighted by molar-refractivity contribution is -0.144. The van der Waals surface area contributed by atoms with E-state index in [0.29, 0.717) is 19.6 Å². The van der Waals surface area contributed by atoms with Crippen molar-refractivity contribution >= 4 is 11.9 Å². The molecule has 2 aliphatic rings.